The van der Waals surface area contributed by atoms with E-state index in [1.165, 1.54) is 145 Å². The second-order valence-electron chi connectivity index (χ2n) is 31.0. The molecule has 4 aliphatic carbocycles. The molecule has 15 nitrogen and oxygen atoms in total. The molecule has 0 spiro atoms. The van der Waals surface area contributed by atoms with Crippen molar-refractivity contribution in [1.82, 2.24) is 0 Å². The standard InChI is InChI=1S/4C9H12.4C7H14.2C3H9BO.5C3H8.C2H7BO2.2C2H6O3S.2C2H6.CO2.HO3P/c4*1-8(2)9-6-4-3-5-7-9;4*1-6(2)7-4-3-5-7;2*1-3-4(2)5;5*1-3-2;1-2-3(4)5;2*1-2-6(3,4)5;2*1-2;2-1-3;1-4(2)3/h4*3-8H,1-2H3;4*6-7H,3-5H2,1-2H3;2*5H,3H2,1-2H3;5*3H2,1-2H3;4-5H,2H2,1H3;2*2H2,1H3,(H,3,4,5);2*1-2H3;;(H,1,2,3). The van der Waals surface area contributed by atoms with Crippen molar-refractivity contribution in [1.29, 1.82) is 0 Å². The third-order valence-electron chi connectivity index (χ3n) is 16.5. The lowest BCUT2D eigenvalue weighted by molar-refractivity contribution is -0.191. The van der Waals surface area contributed by atoms with Gasteiger partial charge in [0.25, 0.3) is 34.1 Å². The molecule has 8 rings (SSSR count). The van der Waals surface area contributed by atoms with Gasteiger partial charge < -0.3 is 20.1 Å². The molecule has 4 aliphatic rings. The van der Waals surface area contributed by atoms with Gasteiger partial charge >= 0.3 is 21.2 Å². The summed E-state index contributed by atoms with van der Waals surface area (Å²) in [6.45, 7) is 77.1. The summed E-state index contributed by atoms with van der Waals surface area (Å²) < 4.78 is 71.0. The van der Waals surface area contributed by atoms with Crippen LogP contribution in [0.3, 0.4) is 0 Å². The highest BCUT2D eigenvalue weighted by Crippen LogP contribution is 2.34. The van der Waals surface area contributed by atoms with Gasteiger partial charge in [-0.1, -0.05) is 485 Å². The lowest BCUT2D eigenvalue weighted by Crippen LogP contribution is -2.16. The summed E-state index contributed by atoms with van der Waals surface area (Å²) in [7, 11) is -11.6. The molecule has 0 aromatic heterocycles. The van der Waals surface area contributed by atoms with E-state index >= 15 is 0 Å². The molecule has 4 aromatic carbocycles. The molecule has 117 heavy (non-hydrogen) atoms. The smallest absolute Gasteiger partial charge is 0.451 e. The van der Waals surface area contributed by atoms with Gasteiger partial charge in [0.15, 0.2) is 0 Å². The second-order valence-corrected chi connectivity index (χ2v) is 35.0. The fourth-order valence-corrected chi connectivity index (χ4v) is 7.78. The van der Waals surface area contributed by atoms with Gasteiger partial charge in [0.1, 0.15) is 0 Å². The molecule has 4 fully saturated rings. The minimum Gasteiger partial charge on any atom is -0.451 e. The van der Waals surface area contributed by atoms with E-state index in [0.29, 0.717) is 30.0 Å². The van der Waals surface area contributed by atoms with Gasteiger partial charge in [-0.05, 0) is 113 Å². The van der Waals surface area contributed by atoms with Crippen molar-refractivity contribution in [3.8, 4) is 0 Å². The Balaban J connectivity index is -0.0000000802. The van der Waals surface area contributed by atoms with E-state index in [1.807, 2.05) is 65.8 Å². The Morgan fingerprint density at radius 2 is 0.436 bits per heavy atom. The molecule has 0 radical (unpaired) electrons. The van der Waals surface area contributed by atoms with Crippen LogP contribution in [-0.2, 0) is 39.0 Å². The van der Waals surface area contributed by atoms with Crippen LogP contribution < -0.4 is 0 Å². The van der Waals surface area contributed by atoms with Crippen LogP contribution in [0.1, 0.15) is 397 Å². The van der Waals surface area contributed by atoms with Gasteiger partial charge in [0.05, 0.1) is 11.5 Å². The Bertz CT molecular complexity index is 2410. The van der Waals surface area contributed by atoms with Crippen molar-refractivity contribution in [3.05, 3.63) is 144 Å². The van der Waals surface area contributed by atoms with E-state index in [9.17, 15) is 16.8 Å². The van der Waals surface area contributed by atoms with E-state index < -0.39 is 35.3 Å². The molecule has 0 aliphatic heterocycles. The molecule has 0 unspecified atom stereocenters. The summed E-state index contributed by atoms with van der Waals surface area (Å²) >= 11 is 0. The molecule has 694 valence electrons. The predicted molar refractivity (Wildman–Crippen MR) is 522 cm³/mol. The first-order valence-electron chi connectivity index (χ1n) is 45.2. The topological polar surface area (TPSA) is 278 Å². The molecule has 0 atom stereocenters. The number of hydrogen-bond acceptors (Lipinski definition) is 12. The zero-order chi connectivity index (χ0) is 95.0. The summed E-state index contributed by atoms with van der Waals surface area (Å²) in [4.78, 5) is 23.3. The Morgan fingerprint density at radius 3 is 0.462 bits per heavy atom. The third kappa shape index (κ3) is 147. The fraction of sp³-hybridized carbons (Fsp3) is 0.740. The summed E-state index contributed by atoms with van der Waals surface area (Å²) in [5, 5.41) is 32.6. The van der Waals surface area contributed by atoms with Crippen molar-refractivity contribution in [2.75, 3.05) is 11.5 Å². The molecule has 4 saturated carbocycles. The zero-order valence-electron chi connectivity index (χ0n) is 82.9. The predicted octanol–water partition coefficient (Wildman–Crippen LogP) is 30.1. The van der Waals surface area contributed by atoms with Crippen LogP contribution in [0.2, 0.25) is 32.6 Å². The van der Waals surface area contributed by atoms with Crippen molar-refractivity contribution < 1.29 is 69.6 Å². The molecule has 0 saturated heterocycles. The van der Waals surface area contributed by atoms with Gasteiger partial charge in [-0.25, -0.2) is 9.13 Å². The minimum atomic E-state index is -3.66. The maximum Gasteiger partial charge on any atom is 0.465 e. The average Bonchev–Trinajstić information content (AvgIpc) is 0.935. The summed E-state index contributed by atoms with van der Waals surface area (Å²) in [5.41, 5.74) is 5.66. The monoisotopic (exact) mass is 1720 g/mol. The van der Waals surface area contributed by atoms with Crippen LogP contribution >= 0.6 is 7.91 Å². The second kappa shape index (κ2) is 112. The van der Waals surface area contributed by atoms with E-state index in [0.717, 1.165) is 60.0 Å². The molecule has 7 N–H and O–H groups in total. The van der Waals surface area contributed by atoms with E-state index in [2.05, 4.69) is 277 Å². The van der Waals surface area contributed by atoms with Crippen LogP contribution in [0.4, 0.5) is 0 Å². The first-order valence-corrected chi connectivity index (χ1v) is 49.6. The number of benzene rings is 4. The number of hydrogen-bond donors (Lipinski definition) is 7. The lowest BCUT2D eigenvalue weighted by Gasteiger charge is -2.28. The van der Waals surface area contributed by atoms with Crippen LogP contribution in [0, 0.1) is 47.3 Å². The van der Waals surface area contributed by atoms with Crippen LogP contribution in [0.15, 0.2) is 121 Å². The van der Waals surface area contributed by atoms with Crippen LogP contribution in [-0.4, -0.2) is 89.5 Å². The van der Waals surface area contributed by atoms with Gasteiger partial charge in [-0.3, -0.25) is 14.0 Å². The van der Waals surface area contributed by atoms with Gasteiger partial charge in [-0.2, -0.15) is 26.4 Å². The molecule has 21 heteroatoms. The fourth-order valence-electron chi connectivity index (χ4n) is 7.78. The summed E-state index contributed by atoms with van der Waals surface area (Å²) in [6.07, 6.45) is 26.6. The van der Waals surface area contributed by atoms with Gasteiger partial charge in [-0.15, -0.1) is 0 Å². The van der Waals surface area contributed by atoms with Crippen molar-refractivity contribution in [2.45, 2.75) is 408 Å². The highest BCUT2D eigenvalue weighted by atomic mass is 32.2. The van der Waals surface area contributed by atoms with Crippen molar-refractivity contribution in [2.24, 2.45) is 47.3 Å². The Morgan fingerprint density at radius 1 is 0.333 bits per heavy atom. The maximum atomic E-state index is 9.56. The first kappa shape index (κ1) is 145. The minimum absolute atomic E-state index is 0.116. The van der Waals surface area contributed by atoms with Crippen LogP contribution in [0.5, 0.6) is 0 Å². The molecule has 0 amide bonds. The van der Waals surface area contributed by atoms with Gasteiger partial charge in [0, 0.05) is 0 Å². The SMILES string of the molecule is CC.CC.CC(C)C1CCC1.CC(C)C1CCC1.CC(C)C1CCC1.CC(C)C1CCC1.CC(C)c1ccccc1.CC(C)c1ccccc1.CC(C)c1ccccc1.CC(C)c1ccccc1.CCB(C)O.CCB(C)O.CCB(O)O.CCC.CCC.CCC.CCC.CCC.CCS(=O)(=O)O.CCS(=O)(=O)O.O=C=O.O=P(=O)O. The van der Waals surface area contributed by atoms with Gasteiger partial charge in [0.2, 0.25) is 0 Å². The Hall–Kier alpha value is -4.03. The maximum absolute atomic E-state index is 9.56. The average molecular weight is 1720 g/mol. The van der Waals surface area contributed by atoms with E-state index in [-0.39, 0.29) is 31.5 Å². The Kier molecular flexibility index (Phi) is 138. The van der Waals surface area contributed by atoms with Crippen LogP contribution in [0.25, 0.3) is 0 Å². The zero-order valence-corrected chi connectivity index (χ0v) is 85.5. The summed E-state index contributed by atoms with van der Waals surface area (Å²) in [6, 6.07) is 42.1. The van der Waals surface area contributed by atoms with E-state index in [1.54, 1.807) is 20.6 Å². The lowest BCUT2D eigenvalue weighted by atomic mass is 9.69. The highest BCUT2D eigenvalue weighted by molar-refractivity contribution is 7.85. The summed E-state index contributed by atoms with van der Waals surface area (Å²) in [5.74, 6) is 10.4. The third-order valence-corrected chi connectivity index (χ3v) is 18.0. The van der Waals surface area contributed by atoms with Crippen molar-refractivity contribution in [3.63, 3.8) is 0 Å². The molecule has 0 heterocycles. The number of carbonyl (C=O) groups excluding carboxylic acids is 2. The number of rotatable bonds is 13. The first-order chi connectivity index (χ1) is 54.6. The normalized spacial score (nSPS) is 11.9. The molecular formula is C96H194B3O15PS2. The molecule has 0 bridgehead atoms. The highest BCUT2D eigenvalue weighted by Gasteiger charge is 2.22. The van der Waals surface area contributed by atoms with Crippen molar-refractivity contribution >= 4 is 55.2 Å². The Labute approximate surface area is 730 Å². The van der Waals surface area contributed by atoms with E-state index in [4.69, 9.17) is 52.8 Å². The molecular weight excluding hydrogens is 1520 g/mol. The molecule has 4 aromatic rings. The quantitative estimate of drug-likeness (QED) is 0.0372. The largest absolute Gasteiger partial charge is 0.465 e.